The van der Waals surface area contributed by atoms with Crippen molar-refractivity contribution in [3.63, 3.8) is 0 Å². The molecule has 4 rings (SSSR count). The number of nitrogens with zero attached hydrogens (tertiary/aromatic N) is 1. The Labute approximate surface area is 201 Å². The van der Waals surface area contributed by atoms with E-state index in [1.54, 1.807) is 17.0 Å². The summed E-state index contributed by atoms with van der Waals surface area (Å²) in [5.41, 5.74) is 2.62. The van der Waals surface area contributed by atoms with Gasteiger partial charge in [0.1, 0.15) is 10.6 Å². The zero-order valence-electron chi connectivity index (χ0n) is 19.3. The maximum atomic E-state index is 13.6. The summed E-state index contributed by atoms with van der Waals surface area (Å²) in [5.74, 6) is 0.0298. The van der Waals surface area contributed by atoms with Crippen molar-refractivity contribution < 1.29 is 17.9 Å². The molecular formula is C27H30N2O4S. The summed E-state index contributed by atoms with van der Waals surface area (Å²) in [6, 6.07) is 24.6. The Kier molecular flexibility index (Phi) is 7.65. The maximum Gasteiger partial charge on any atom is 0.253 e. The lowest BCUT2D eigenvalue weighted by Crippen LogP contribution is -2.35. The average Bonchev–Trinajstić information content (AvgIpc) is 3.68. The minimum atomic E-state index is -3.78. The first-order valence-corrected chi connectivity index (χ1v) is 13.0. The highest BCUT2D eigenvalue weighted by Crippen LogP contribution is 2.28. The molecule has 7 heteroatoms. The van der Waals surface area contributed by atoms with Crippen LogP contribution < -0.4 is 9.46 Å². The normalized spacial score (nSPS) is 13.4. The third-order valence-electron chi connectivity index (χ3n) is 5.91. The lowest BCUT2D eigenvalue weighted by molar-refractivity contribution is 0.0759. The van der Waals surface area contributed by atoms with Crippen LogP contribution in [0.3, 0.4) is 0 Å². The number of carbonyl (C=O) groups is 1. The van der Waals surface area contributed by atoms with Gasteiger partial charge in [-0.15, -0.1) is 0 Å². The van der Waals surface area contributed by atoms with E-state index in [2.05, 4.69) is 4.72 Å². The number of amides is 1. The number of benzene rings is 3. The van der Waals surface area contributed by atoms with E-state index < -0.39 is 10.0 Å². The molecule has 1 aliphatic carbocycles. The third-order valence-corrected chi connectivity index (χ3v) is 7.45. The fourth-order valence-corrected chi connectivity index (χ4v) is 5.32. The lowest BCUT2D eigenvalue weighted by Gasteiger charge is -2.24. The second kappa shape index (κ2) is 10.8. The quantitative estimate of drug-likeness (QED) is 0.451. The molecule has 0 aromatic heterocycles. The van der Waals surface area contributed by atoms with Crippen molar-refractivity contribution in [1.29, 1.82) is 0 Å². The van der Waals surface area contributed by atoms with Crippen LogP contribution in [0.1, 0.15) is 34.3 Å². The van der Waals surface area contributed by atoms with Gasteiger partial charge in [0.25, 0.3) is 5.91 Å². The Bertz CT molecular complexity index is 1170. The fourth-order valence-electron chi connectivity index (χ4n) is 3.82. The van der Waals surface area contributed by atoms with Gasteiger partial charge in [-0.05, 0) is 55.0 Å². The van der Waals surface area contributed by atoms with Crippen LogP contribution in [0, 0.1) is 0 Å². The molecule has 6 nitrogen and oxygen atoms in total. The number of carbonyl (C=O) groups excluding carboxylic acids is 1. The van der Waals surface area contributed by atoms with Crippen molar-refractivity contribution in [2.24, 2.45) is 0 Å². The molecule has 1 fully saturated rings. The summed E-state index contributed by atoms with van der Waals surface area (Å²) < 4.78 is 33.8. The predicted octanol–water partition coefficient (Wildman–Crippen LogP) is 4.06. The number of rotatable bonds is 11. The first-order chi connectivity index (χ1) is 16.5. The van der Waals surface area contributed by atoms with Crippen LogP contribution in [0.25, 0.3) is 0 Å². The van der Waals surface area contributed by atoms with Crippen molar-refractivity contribution in [2.45, 2.75) is 36.6 Å². The van der Waals surface area contributed by atoms with E-state index in [9.17, 15) is 13.2 Å². The standard InChI is InChI=1S/C27H30N2O4S/c1-33-25-15-12-23(20-26(25)34(31,32)28-24-13-14-24)27(30)29(18-16-21-8-4-2-5-9-21)19-17-22-10-6-3-7-11-22/h2-12,15,20,24,28H,13-14,16-19H2,1H3. The molecule has 178 valence electrons. The van der Waals surface area contributed by atoms with E-state index in [1.807, 2.05) is 60.7 Å². The van der Waals surface area contributed by atoms with Gasteiger partial charge in [-0.2, -0.15) is 0 Å². The van der Waals surface area contributed by atoms with Gasteiger partial charge < -0.3 is 9.64 Å². The Balaban J connectivity index is 1.58. The number of methoxy groups -OCH3 is 1. The number of hydrogen-bond acceptors (Lipinski definition) is 4. The van der Waals surface area contributed by atoms with Crippen LogP contribution in [0.4, 0.5) is 0 Å². The van der Waals surface area contributed by atoms with E-state index >= 15 is 0 Å². The Morgan fingerprint density at radius 3 is 1.97 bits per heavy atom. The van der Waals surface area contributed by atoms with Gasteiger partial charge >= 0.3 is 0 Å². The molecule has 0 heterocycles. The van der Waals surface area contributed by atoms with Crippen molar-refractivity contribution >= 4 is 15.9 Å². The monoisotopic (exact) mass is 478 g/mol. The molecule has 1 aliphatic rings. The predicted molar refractivity (Wildman–Crippen MR) is 133 cm³/mol. The highest BCUT2D eigenvalue weighted by Gasteiger charge is 2.30. The van der Waals surface area contributed by atoms with Crippen molar-refractivity contribution in [1.82, 2.24) is 9.62 Å². The van der Waals surface area contributed by atoms with Gasteiger partial charge in [-0.25, -0.2) is 13.1 Å². The van der Waals surface area contributed by atoms with Crippen LogP contribution >= 0.6 is 0 Å². The topological polar surface area (TPSA) is 75.7 Å². The summed E-state index contributed by atoms with van der Waals surface area (Å²) >= 11 is 0. The second-order valence-electron chi connectivity index (χ2n) is 8.52. The molecule has 0 unspecified atom stereocenters. The highest BCUT2D eigenvalue weighted by molar-refractivity contribution is 7.89. The summed E-state index contributed by atoms with van der Waals surface area (Å²) in [6.45, 7) is 1.06. The van der Waals surface area contributed by atoms with E-state index in [0.717, 1.165) is 24.0 Å². The summed E-state index contributed by atoms with van der Waals surface area (Å²) in [5, 5.41) is 0. The maximum absolute atomic E-state index is 13.6. The SMILES string of the molecule is COc1ccc(C(=O)N(CCc2ccccc2)CCc2ccccc2)cc1S(=O)(=O)NC1CC1. The molecular weight excluding hydrogens is 448 g/mol. The Hall–Kier alpha value is -3.16. The summed E-state index contributed by atoms with van der Waals surface area (Å²) in [6.07, 6.45) is 3.08. The molecule has 3 aromatic rings. The molecule has 0 spiro atoms. The molecule has 1 N–H and O–H groups in total. The molecule has 34 heavy (non-hydrogen) atoms. The van der Waals surface area contributed by atoms with Gasteiger partial charge in [-0.1, -0.05) is 60.7 Å². The van der Waals surface area contributed by atoms with Gasteiger partial charge in [0.15, 0.2) is 0 Å². The second-order valence-corrected chi connectivity index (χ2v) is 10.2. The van der Waals surface area contributed by atoms with Crippen LogP contribution in [0.5, 0.6) is 5.75 Å². The number of nitrogens with one attached hydrogen (secondary N) is 1. The van der Waals surface area contributed by atoms with Gasteiger partial charge in [0.2, 0.25) is 10.0 Å². The van der Waals surface area contributed by atoms with E-state index in [1.165, 1.54) is 13.2 Å². The molecule has 0 aliphatic heterocycles. The van der Waals surface area contributed by atoms with Gasteiger partial charge in [-0.3, -0.25) is 4.79 Å². The van der Waals surface area contributed by atoms with Crippen LogP contribution in [-0.2, 0) is 22.9 Å². The lowest BCUT2D eigenvalue weighted by atomic mass is 10.1. The minimum Gasteiger partial charge on any atom is -0.495 e. The minimum absolute atomic E-state index is 0.00109. The first-order valence-electron chi connectivity index (χ1n) is 11.5. The largest absolute Gasteiger partial charge is 0.495 e. The summed E-state index contributed by atoms with van der Waals surface area (Å²) in [7, 11) is -2.35. The molecule has 3 aromatic carbocycles. The number of sulfonamides is 1. The third kappa shape index (κ3) is 6.24. The smallest absolute Gasteiger partial charge is 0.253 e. The Morgan fingerprint density at radius 1 is 0.912 bits per heavy atom. The van der Waals surface area contributed by atoms with Gasteiger partial charge in [0, 0.05) is 24.7 Å². The molecule has 0 saturated heterocycles. The zero-order chi connectivity index (χ0) is 24.0. The Morgan fingerprint density at radius 2 is 1.47 bits per heavy atom. The molecule has 0 bridgehead atoms. The molecule has 0 radical (unpaired) electrons. The molecule has 0 atom stereocenters. The molecule has 1 amide bonds. The number of hydrogen-bond donors (Lipinski definition) is 1. The van der Waals surface area contributed by atoms with Crippen LogP contribution in [0.2, 0.25) is 0 Å². The average molecular weight is 479 g/mol. The summed E-state index contributed by atoms with van der Waals surface area (Å²) in [4.78, 5) is 15.4. The first kappa shape index (κ1) is 24.0. The van der Waals surface area contributed by atoms with Crippen LogP contribution in [-0.4, -0.2) is 45.5 Å². The molecule has 1 saturated carbocycles. The van der Waals surface area contributed by atoms with Crippen molar-refractivity contribution in [3.8, 4) is 5.75 Å². The fraction of sp³-hybridized carbons (Fsp3) is 0.296. The van der Waals surface area contributed by atoms with E-state index in [0.29, 0.717) is 31.5 Å². The van der Waals surface area contributed by atoms with E-state index in [4.69, 9.17) is 4.74 Å². The highest BCUT2D eigenvalue weighted by atomic mass is 32.2. The van der Waals surface area contributed by atoms with E-state index in [-0.39, 0.29) is 22.6 Å². The van der Waals surface area contributed by atoms with Crippen LogP contribution in [0.15, 0.2) is 83.8 Å². The van der Waals surface area contributed by atoms with Gasteiger partial charge in [0.05, 0.1) is 7.11 Å². The number of ether oxygens (including phenoxy) is 1. The van der Waals surface area contributed by atoms with Crippen molar-refractivity contribution in [3.05, 3.63) is 95.6 Å². The van der Waals surface area contributed by atoms with Crippen molar-refractivity contribution in [2.75, 3.05) is 20.2 Å². The zero-order valence-corrected chi connectivity index (χ0v) is 20.1.